The molecule has 0 aliphatic rings. The summed E-state index contributed by atoms with van der Waals surface area (Å²) in [6, 6.07) is 11.3. The zero-order chi connectivity index (χ0) is 18.7. The summed E-state index contributed by atoms with van der Waals surface area (Å²) >= 11 is 1.04. The molecule has 0 fully saturated rings. The van der Waals surface area contributed by atoms with E-state index in [0.29, 0.717) is 21.8 Å². The van der Waals surface area contributed by atoms with Crippen molar-refractivity contribution in [1.82, 2.24) is 10.3 Å². The van der Waals surface area contributed by atoms with Crippen molar-refractivity contribution >= 4 is 72.3 Å². The maximum absolute atomic E-state index is 12.1. The summed E-state index contributed by atoms with van der Waals surface area (Å²) in [4.78, 5) is 28.4. The molecule has 7 nitrogen and oxygen atoms in total. The molecule has 0 radical (unpaired) electrons. The van der Waals surface area contributed by atoms with Gasteiger partial charge < -0.3 is 4.55 Å². The Morgan fingerprint density at radius 2 is 2.00 bits per heavy atom. The number of imide groups is 1. The van der Waals surface area contributed by atoms with Gasteiger partial charge in [-0.1, -0.05) is 40.6 Å². The quantitative estimate of drug-likeness (QED) is 0.422. The van der Waals surface area contributed by atoms with Crippen molar-refractivity contribution in [2.24, 2.45) is 0 Å². The fourth-order valence-electron chi connectivity index (χ4n) is 2.19. The van der Waals surface area contributed by atoms with Crippen LogP contribution in [0.4, 0.5) is 9.93 Å². The van der Waals surface area contributed by atoms with Crippen molar-refractivity contribution in [2.75, 3.05) is 5.32 Å². The molecule has 1 unspecified atom stereocenters. The first-order valence-corrected chi connectivity index (χ1v) is 10.4. The zero-order valence-electron chi connectivity index (χ0n) is 13.0. The Balaban J connectivity index is 1.70. The topological polar surface area (TPSA) is 111 Å². The number of carbonyl (C=O) groups excluding carboxylic acids is 2. The van der Waals surface area contributed by atoms with Gasteiger partial charge in [0.1, 0.15) is 0 Å². The van der Waals surface area contributed by atoms with Crippen molar-refractivity contribution in [3.8, 4) is 0 Å². The monoisotopic (exact) mass is 500 g/mol. The molecule has 134 valence electrons. The van der Waals surface area contributed by atoms with E-state index < -0.39 is 23.0 Å². The largest absolute Gasteiger partial charge is 0.772 e. The van der Waals surface area contributed by atoms with Gasteiger partial charge in [-0.25, -0.2) is 9.78 Å². The SMILES string of the molecule is O=C(NC(=O)c1ccccc1I)Nc1nc2ccc(CS(=O)[O-])cc2s1. The number of carbonyl (C=O) groups is 2. The van der Waals surface area contributed by atoms with Crippen molar-refractivity contribution < 1.29 is 18.4 Å². The molecule has 0 bridgehead atoms. The minimum atomic E-state index is -2.17. The summed E-state index contributed by atoms with van der Waals surface area (Å²) in [6.07, 6.45) is 0. The standard InChI is InChI=1S/C16H12IN3O4S2/c17-11-4-2-1-3-10(11)14(21)19-15(22)20-16-18-12-6-5-9(8-26(23)24)7-13(12)25-16/h1-7H,8H2,(H,23,24)(H2,18,19,20,21,22)/p-1. The highest BCUT2D eigenvalue weighted by Crippen LogP contribution is 2.27. The zero-order valence-corrected chi connectivity index (χ0v) is 16.8. The van der Waals surface area contributed by atoms with Gasteiger partial charge in [-0.15, -0.1) is 0 Å². The number of halogens is 1. The number of nitrogens with one attached hydrogen (secondary N) is 2. The normalized spacial score (nSPS) is 11.9. The van der Waals surface area contributed by atoms with Crippen LogP contribution in [0.5, 0.6) is 0 Å². The molecule has 0 aliphatic carbocycles. The maximum atomic E-state index is 12.1. The Labute approximate surface area is 168 Å². The number of thiazole rings is 1. The first-order valence-electron chi connectivity index (χ1n) is 7.24. The Hall–Kier alpha value is -1.89. The van der Waals surface area contributed by atoms with E-state index in [-0.39, 0.29) is 5.75 Å². The molecule has 0 saturated heterocycles. The predicted octanol–water partition coefficient (Wildman–Crippen LogP) is 3.24. The molecule has 0 aliphatic heterocycles. The molecule has 2 aromatic carbocycles. The van der Waals surface area contributed by atoms with E-state index >= 15 is 0 Å². The van der Waals surface area contributed by atoms with Gasteiger partial charge in [0.05, 0.1) is 15.8 Å². The molecular formula is C16H11IN3O4S2-. The summed E-state index contributed by atoms with van der Waals surface area (Å²) in [5.74, 6) is -0.588. The Morgan fingerprint density at radius 3 is 2.73 bits per heavy atom. The second kappa shape index (κ2) is 8.20. The molecule has 26 heavy (non-hydrogen) atoms. The van der Waals surface area contributed by atoms with Crippen LogP contribution in [0.25, 0.3) is 10.2 Å². The number of rotatable bonds is 4. The van der Waals surface area contributed by atoms with Gasteiger partial charge in [0.15, 0.2) is 5.13 Å². The van der Waals surface area contributed by atoms with Gasteiger partial charge in [0.2, 0.25) is 0 Å². The fraction of sp³-hybridized carbons (Fsp3) is 0.0625. The van der Waals surface area contributed by atoms with E-state index in [2.05, 4.69) is 15.6 Å². The van der Waals surface area contributed by atoms with E-state index in [0.717, 1.165) is 8.27 Å². The third-order valence-corrected chi connectivity index (χ3v) is 5.75. The number of fused-ring (bicyclic) bond motifs is 1. The van der Waals surface area contributed by atoms with E-state index in [4.69, 9.17) is 0 Å². The van der Waals surface area contributed by atoms with Gasteiger partial charge in [0, 0.05) is 9.32 Å². The Morgan fingerprint density at radius 1 is 1.23 bits per heavy atom. The first-order chi connectivity index (χ1) is 12.4. The molecule has 2 N–H and O–H groups in total. The molecule has 3 amide bonds. The third kappa shape index (κ3) is 4.63. The van der Waals surface area contributed by atoms with Crippen LogP contribution in [0.3, 0.4) is 0 Å². The molecule has 1 aromatic heterocycles. The Bertz CT molecular complexity index is 1020. The van der Waals surface area contributed by atoms with E-state index in [9.17, 15) is 18.4 Å². The van der Waals surface area contributed by atoms with Crippen molar-refractivity contribution in [3.05, 3.63) is 57.2 Å². The highest BCUT2D eigenvalue weighted by atomic mass is 127. The number of urea groups is 1. The van der Waals surface area contributed by atoms with Crippen LogP contribution in [-0.2, 0) is 16.8 Å². The van der Waals surface area contributed by atoms with Crippen LogP contribution in [0.15, 0.2) is 42.5 Å². The predicted molar refractivity (Wildman–Crippen MR) is 108 cm³/mol. The van der Waals surface area contributed by atoms with Crippen LogP contribution in [-0.4, -0.2) is 25.7 Å². The van der Waals surface area contributed by atoms with Crippen molar-refractivity contribution in [2.45, 2.75) is 5.75 Å². The number of anilines is 1. The number of nitrogens with zero attached hydrogens (tertiary/aromatic N) is 1. The summed E-state index contributed by atoms with van der Waals surface area (Å²) in [6.45, 7) is 0. The fourth-order valence-corrected chi connectivity index (χ4v) is 4.20. The van der Waals surface area contributed by atoms with Crippen molar-refractivity contribution in [3.63, 3.8) is 0 Å². The average molecular weight is 500 g/mol. The first kappa shape index (κ1) is 18.9. The van der Waals surface area contributed by atoms with Gasteiger partial charge in [-0.3, -0.25) is 19.6 Å². The van der Waals surface area contributed by atoms with Crippen LogP contribution in [0.2, 0.25) is 0 Å². The van der Waals surface area contributed by atoms with Gasteiger partial charge in [-0.05, 0) is 52.4 Å². The maximum Gasteiger partial charge on any atom is 0.327 e. The van der Waals surface area contributed by atoms with Gasteiger partial charge in [-0.2, -0.15) is 0 Å². The molecule has 3 aromatic rings. The second-order valence-corrected chi connectivity index (χ2v) is 8.25. The molecule has 10 heteroatoms. The molecule has 1 atom stereocenters. The summed E-state index contributed by atoms with van der Waals surface area (Å²) in [7, 11) is 0. The lowest BCUT2D eigenvalue weighted by molar-refractivity contribution is 0.0966. The number of amides is 3. The van der Waals surface area contributed by atoms with Gasteiger partial charge >= 0.3 is 6.03 Å². The molecular weight excluding hydrogens is 489 g/mol. The smallest absolute Gasteiger partial charge is 0.327 e. The van der Waals surface area contributed by atoms with Crippen LogP contribution >= 0.6 is 33.9 Å². The average Bonchev–Trinajstić information content (AvgIpc) is 2.95. The minimum Gasteiger partial charge on any atom is -0.772 e. The van der Waals surface area contributed by atoms with Crippen LogP contribution in [0, 0.1) is 3.57 Å². The number of hydrogen-bond donors (Lipinski definition) is 2. The lowest BCUT2D eigenvalue weighted by Gasteiger charge is -2.05. The lowest BCUT2D eigenvalue weighted by atomic mass is 10.2. The van der Waals surface area contributed by atoms with Crippen LogP contribution < -0.4 is 10.6 Å². The van der Waals surface area contributed by atoms with Crippen molar-refractivity contribution in [1.29, 1.82) is 0 Å². The van der Waals surface area contributed by atoms with E-state index in [1.54, 1.807) is 42.5 Å². The van der Waals surface area contributed by atoms with E-state index in [1.165, 1.54) is 11.3 Å². The van der Waals surface area contributed by atoms with E-state index in [1.807, 2.05) is 22.6 Å². The second-order valence-electron chi connectivity index (χ2n) is 5.16. The molecule has 1 heterocycles. The highest BCUT2D eigenvalue weighted by Gasteiger charge is 2.14. The Kier molecular flexibility index (Phi) is 5.96. The summed E-state index contributed by atoms with van der Waals surface area (Å²) in [5.41, 5.74) is 1.68. The summed E-state index contributed by atoms with van der Waals surface area (Å²) < 4.78 is 23.1. The molecule has 0 spiro atoms. The highest BCUT2D eigenvalue weighted by molar-refractivity contribution is 14.1. The third-order valence-electron chi connectivity index (χ3n) is 3.30. The molecule has 0 saturated carbocycles. The summed E-state index contributed by atoms with van der Waals surface area (Å²) in [5, 5.41) is 5.10. The molecule has 3 rings (SSSR count). The lowest BCUT2D eigenvalue weighted by Crippen LogP contribution is -2.34. The number of benzene rings is 2. The number of hydrogen-bond acceptors (Lipinski definition) is 6. The minimum absolute atomic E-state index is 0.0820. The van der Waals surface area contributed by atoms with Crippen LogP contribution in [0.1, 0.15) is 15.9 Å². The van der Waals surface area contributed by atoms with Gasteiger partial charge in [0.25, 0.3) is 5.91 Å². The number of aromatic nitrogens is 1.